The van der Waals surface area contributed by atoms with Crippen molar-refractivity contribution in [2.45, 2.75) is 45.1 Å². The van der Waals surface area contributed by atoms with Crippen molar-refractivity contribution in [1.82, 2.24) is 5.32 Å². The van der Waals surface area contributed by atoms with E-state index in [1.807, 2.05) is 0 Å². The van der Waals surface area contributed by atoms with Gasteiger partial charge in [0.05, 0.1) is 0 Å². The van der Waals surface area contributed by atoms with Crippen LogP contribution in [0, 0.1) is 5.92 Å². The van der Waals surface area contributed by atoms with Gasteiger partial charge in [-0.15, -0.1) is 0 Å². The summed E-state index contributed by atoms with van der Waals surface area (Å²) in [6.07, 6.45) is 5.91. The number of carbonyl (C=O) groups is 1. The van der Waals surface area contributed by atoms with E-state index in [0.717, 1.165) is 23.2 Å². The lowest BCUT2D eigenvalue weighted by atomic mass is 9.84. The van der Waals surface area contributed by atoms with Crippen molar-refractivity contribution in [2.24, 2.45) is 5.92 Å². The number of nitrogens with two attached hydrogens (primary N) is 1. The predicted octanol–water partition coefficient (Wildman–Crippen LogP) is 3.73. The molecule has 0 heterocycles. The zero-order valence-corrected chi connectivity index (χ0v) is 12.9. The van der Waals surface area contributed by atoms with Gasteiger partial charge in [-0.05, 0) is 65.7 Å². The van der Waals surface area contributed by atoms with Gasteiger partial charge in [-0.2, -0.15) is 0 Å². The van der Waals surface area contributed by atoms with Crippen LogP contribution in [0.5, 0.6) is 0 Å². The molecule has 0 spiro atoms. The molecule has 2 rings (SSSR count). The maximum atomic E-state index is 12.2. The molecule has 104 valence electrons. The van der Waals surface area contributed by atoms with Crippen LogP contribution in [0.4, 0.5) is 5.69 Å². The summed E-state index contributed by atoms with van der Waals surface area (Å²) in [6.45, 7) is 2.25. The molecule has 0 radical (unpaired) electrons. The highest BCUT2D eigenvalue weighted by atomic mass is 79.9. The minimum Gasteiger partial charge on any atom is -0.398 e. The molecule has 1 aliphatic carbocycles. The van der Waals surface area contributed by atoms with Gasteiger partial charge in [0.15, 0.2) is 0 Å². The van der Waals surface area contributed by atoms with Gasteiger partial charge < -0.3 is 11.1 Å². The molecule has 0 unspecified atom stereocenters. The third-order valence-electron chi connectivity index (χ3n) is 4.02. The average molecular weight is 325 g/mol. The predicted molar refractivity (Wildman–Crippen MR) is 82.1 cm³/mol. The number of halogens is 1. The third kappa shape index (κ3) is 3.72. The zero-order valence-electron chi connectivity index (χ0n) is 11.3. The summed E-state index contributed by atoms with van der Waals surface area (Å²) in [5, 5.41) is 3.13. The van der Waals surface area contributed by atoms with Gasteiger partial charge in [0.2, 0.25) is 0 Å². The molecule has 1 saturated carbocycles. The Kier molecular flexibility index (Phi) is 4.86. The number of benzene rings is 1. The number of nitrogen functional groups attached to an aromatic ring is 1. The van der Waals surface area contributed by atoms with Crippen LogP contribution < -0.4 is 11.1 Å². The van der Waals surface area contributed by atoms with E-state index in [0.29, 0.717) is 17.3 Å². The lowest BCUT2D eigenvalue weighted by Crippen LogP contribution is -2.37. The lowest BCUT2D eigenvalue weighted by molar-refractivity contribution is 0.0921. The molecule has 0 atom stereocenters. The summed E-state index contributed by atoms with van der Waals surface area (Å²) >= 11 is 3.35. The van der Waals surface area contributed by atoms with E-state index >= 15 is 0 Å². The second-order valence-electron chi connectivity index (χ2n) is 5.34. The van der Waals surface area contributed by atoms with E-state index in [4.69, 9.17) is 5.73 Å². The van der Waals surface area contributed by atoms with Gasteiger partial charge in [-0.25, -0.2) is 0 Å². The van der Waals surface area contributed by atoms with Crippen LogP contribution in [0.25, 0.3) is 0 Å². The normalized spacial score (nSPS) is 23.1. The quantitative estimate of drug-likeness (QED) is 0.832. The fraction of sp³-hybridized carbons (Fsp3) is 0.533. The Morgan fingerprint density at radius 2 is 2.05 bits per heavy atom. The average Bonchev–Trinajstić information content (AvgIpc) is 2.42. The maximum absolute atomic E-state index is 12.2. The lowest BCUT2D eigenvalue weighted by Gasteiger charge is -2.28. The Labute approximate surface area is 123 Å². The molecule has 4 heteroatoms. The number of hydrogen-bond donors (Lipinski definition) is 2. The van der Waals surface area contributed by atoms with Gasteiger partial charge in [-0.3, -0.25) is 4.79 Å². The van der Waals surface area contributed by atoms with Crippen molar-refractivity contribution < 1.29 is 4.79 Å². The number of anilines is 1. The number of nitrogens with one attached hydrogen (secondary N) is 1. The van der Waals surface area contributed by atoms with Gasteiger partial charge in [0, 0.05) is 21.8 Å². The van der Waals surface area contributed by atoms with Crippen molar-refractivity contribution in [3.05, 3.63) is 28.2 Å². The molecular formula is C15H21BrN2O. The Bertz CT molecular complexity index is 453. The molecule has 0 bridgehead atoms. The minimum absolute atomic E-state index is 0.000600. The number of carbonyl (C=O) groups excluding carboxylic acids is 1. The molecule has 1 fully saturated rings. The van der Waals surface area contributed by atoms with E-state index in [-0.39, 0.29) is 5.91 Å². The maximum Gasteiger partial charge on any atom is 0.251 e. The van der Waals surface area contributed by atoms with Crippen LogP contribution >= 0.6 is 15.9 Å². The van der Waals surface area contributed by atoms with Crippen molar-refractivity contribution >= 4 is 27.5 Å². The Morgan fingerprint density at radius 1 is 1.37 bits per heavy atom. The monoisotopic (exact) mass is 324 g/mol. The first-order valence-corrected chi connectivity index (χ1v) is 7.75. The zero-order chi connectivity index (χ0) is 13.8. The molecule has 19 heavy (non-hydrogen) atoms. The molecule has 0 aliphatic heterocycles. The summed E-state index contributed by atoms with van der Waals surface area (Å²) in [5.41, 5.74) is 7.04. The highest BCUT2D eigenvalue weighted by Gasteiger charge is 2.21. The summed E-state index contributed by atoms with van der Waals surface area (Å²) < 4.78 is 0.773. The smallest absolute Gasteiger partial charge is 0.251 e. The van der Waals surface area contributed by atoms with E-state index in [1.165, 1.54) is 19.3 Å². The van der Waals surface area contributed by atoms with Crippen molar-refractivity contribution in [3.8, 4) is 0 Å². The van der Waals surface area contributed by atoms with Crippen LogP contribution in [0.1, 0.15) is 49.4 Å². The molecule has 1 aliphatic rings. The van der Waals surface area contributed by atoms with Gasteiger partial charge in [0.25, 0.3) is 5.91 Å². The molecule has 1 aromatic carbocycles. The first kappa shape index (κ1) is 14.4. The first-order chi connectivity index (χ1) is 9.10. The summed E-state index contributed by atoms with van der Waals surface area (Å²) in [5.74, 6) is 0.847. The summed E-state index contributed by atoms with van der Waals surface area (Å²) in [6, 6.07) is 5.63. The SMILES string of the molecule is CCC1CCC(NC(=O)c2ccc(N)c(Br)c2)CC1. The molecule has 1 aromatic rings. The fourth-order valence-electron chi connectivity index (χ4n) is 2.65. The highest BCUT2D eigenvalue weighted by molar-refractivity contribution is 9.10. The topological polar surface area (TPSA) is 55.1 Å². The summed E-state index contributed by atoms with van der Waals surface area (Å²) in [4.78, 5) is 12.2. The summed E-state index contributed by atoms with van der Waals surface area (Å²) in [7, 11) is 0. The van der Waals surface area contributed by atoms with Crippen LogP contribution in [-0.4, -0.2) is 11.9 Å². The van der Waals surface area contributed by atoms with Crippen LogP contribution in [0.2, 0.25) is 0 Å². The van der Waals surface area contributed by atoms with Gasteiger partial charge in [0.1, 0.15) is 0 Å². The van der Waals surface area contributed by atoms with Crippen molar-refractivity contribution in [2.75, 3.05) is 5.73 Å². The Balaban J connectivity index is 1.92. The third-order valence-corrected chi connectivity index (χ3v) is 4.71. The molecular weight excluding hydrogens is 304 g/mol. The van der Waals surface area contributed by atoms with E-state index in [2.05, 4.69) is 28.2 Å². The van der Waals surface area contributed by atoms with Gasteiger partial charge in [-0.1, -0.05) is 13.3 Å². The largest absolute Gasteiger partial charge is 0.398 e. The second kappa shape index (κ2) is 6.42. The first-order valence-electron chi connectivity index (χ1n) is 6.96. The van der Waals surface area contributed by atoms with Crippen molar-refractivity contribution in [1.29, 1.82) is 0 Å². The van der Waals surface area contributed by atoms with Crippen LogP contribution in [0.3, 0.4) is 0 Å². The number of amides is 1. The van der Waals surface area contributed by atoms with E-state index in [9.17, 15) is 4.79 Å². The molecule has 3 N–H and O–H groups in total. The molecule has 0 aromatic heterocycles. The Morgan fingerprint density at radius 3 is 2.63 bits per heavy atom. The standard InChI is InChI=1S/C15H21BrN2O/c1-2-10-3-6-12(7-4-10)18-15(19)11-5-8-14(17)13(16)9-11/h5,8-10,12H,2-4,6-7,17H2,1H3,(H,18,19). The number of rotatable bonds is 3. The van der Waals surface area contributed by atoms with Gasteiger partial charge >= 0.3 is 0 Å². The van der Waals surface area contributed by atoms with E-state index in [1.54, 1.807) is 18.2 Å². The van der Waals surface area contributed by atoms with Crippen molar-refractivity contribution in [3.63, 3.8) is 0 Å². The van der Waals surface area contributed by atoms with E-state index < -0.39 is 0 Å². The minimum atomic E-state index is 0.000600. The molecule has 3 nitrogen and oxygen atoms in total. The van der Waals surface area contributed by atoms with Crippen LogP contribution in [-0.2, 0) is 0 Å². The highest BCUT2D eigenvalue weighted by Crippen LogP contribution is 2.27. The fourth-order valence-corrected chi connectivity index (χ4v) is 3.03. The molecule has 0 saturated heterocycles. The molecule has 1 amide bonds. The Hall–Kier alpha value is -1.03. The van der Waals surface area contributed by atoms with Crippen LogP contribution in [0.15, 0.2) is 22.7 Å². The second-order valence-corrected chi connectivity index (χ2v) is 6.19. The number of hydrogen-bond acceptors (Lipinski definition) is 2.